The summed E-state index contributed by atoms with van der Waals surface area (Å²) in [7, 11) is 0. The predicted molar refractivity (Wildman–Crippen MR) is 67.8 cm³/mol. The highest BCUT2D eigenvalue weighted by atomic mass is 15.0. The van der Waals surface area contributed by atoms with Crippen LogP contribution in [0.1, 0.15) is 30.0 Å². The van der Waals surface area contributed by atoms with E-state index < -0.39 is 0 Å². The van der Waals surface area contributed by atoms with Crippen LogP contribution in [0.2, 0.25) is 0 Å². The van der Waals surface area contributed by atoms with Gasteiger partial charge in [0.15, 0.2) is 0 Å². The van der Waals surface area contributed by atoms with Crippen molar-refractivity contribution in [1.82, 2.24) is 15.0 Å². The van der Waals surface area contributed by atoms with Crippen LogP contribution in [0, 0.1) is 13.8 Å². The van der Waals surface area contributed by atoms with Crippen molar-refractivity contribution in [3.63, 3.8) is 0 Å². The van der Waals surface area contributed by atoms with Crippen LogP contribution in [0.5, 0.6) is 0 Å². The van der Waals surface area contributed by atoms with Crippen molar-refractivity contribution in [1.29, 1.82) is 0 Å². The molecule has 1 unspecified atom stereocenters. The van der Waals surface area contributed by atoms with E-state index in [2.05, 4.69) is 27.2 Å². The average Bonchev–Trinajstić information content (AvgIpc) is 2.35. The van der Waals surface area contributed by atoms with Crippen molar-refractivity contribution in [3.05, 3.63) is 47.7 Å². The lowest BCUT2D eigenvalue weighted by molar-refractivity contribution is 0.826. The normalized spacial score (nSPS) is 12.2. The molecule has 1 atom stereocenters. The molecule has 0 fully saturated rings. The fourth-order valence-corrected chi connectivity index (χ4v) is 1.54. The van der Waals surface area contributed by atoms with Gasteiger partial charge in [-0.15, -0.1) is 0 Å². The summed E-state index contributed by atoms with van der Waals surface area (Å²) >= 11 is 0. The van der Waals surface area contributed by atoms with Gasteiger partial charge in [0.05, 0.1) is 29.3 Å². The minimum Gasteiger partial charge on any atom is -0.361 e. The zero-order valence-corrected chi connectivity index (χ0v) is 10.3. The molecule has 4 nitrogen and oxygen atoms in total. The van der Waals surface area contributed by atoms with Crippen molar-refractivity contribution < 1.29 is 0 Å². The summed E-state index contributed by atoms with van der Waals surface area (Å²) in [5, 5.41) is 3.29. The van der Waals surface area contributed by atoms with Crippen molar-refractivity contribution in [2.45, 2.75) is 26.8 Å². The Balaban J connectivity index is 2.13. The lowest BCUT2D eigenvalue weighted by atomic mass is 10.2. The smallest absolute Gasteiger partial charge is 0.145 e. The summed E-state index contributed by atoms with van der Waals surface area (Å²) in [6.07, 6.45) is 3.54. The molecular weight excluding hydrogens is 212 g/mol. The van der Waals surface area contributed by atoms with E-state index in [1.165, 1.54) is 0 Å². The Hall–Kier alpha value is -1.97. The molecule has 0 saturated carbocycles. The summed E-state index contributed by atoms with van der Waals surface area (Å²) in [6.45, 7) is 5.96. The van der Waals surface area contributed by atoms with Crippen LogP contribution in [0.15, 0.2) is 30.6 Å². The number of pyridine rings is 1. The third kappa shape index (κ3) is 2.78. The second-order valence-electron chi connectivity index (χ2n) is 4.05. The van der Waals surface area contributed by atoms with Gasteiger partial charge in [0.1, 0.15) is 5.82 Å². The van der Waals surface area contributed by atoms with Gasteiger partial charge in [0.25, 0.3) is 0 Å². The van der Waals surface area contributed by atoms with Crippen LogP contribution >= 0.6 is 0 Å². The molecule has 2 rings (SSSR count). The van der Waals surface area contributed by atoms with Crippen LogP contribution in [-0.2, 0) is 0 Å². The van der Waals surface area contributed by atoms with Gasteiger partial charge in [-0.3, -0.25) is 9.97 Å². The summed E-state index contributed by atoms with van der Waals surface area (Å²) < 4.78 is 0. The maximum absolute atomic E-state index is 4.44. The van der Waals surface area contributed by atoms with Crippen LogP contribution in [-0.4, -0.2) is 15.0 Å². The highest BCUT2D eigenvalue weighted by Crippen LogP contribution is 2.15. The fourth-order valence-electron chi connectivity index (χ4n) is 1.54. The first kappa shape index (κ1) is 11.5. The van der Waals surface area contributed by atoms with Crippen molar-refractivity contribution >= 4 is 5.82 Å². The zero-order chi connectivity index (χ0) is 12.3. The van der Waals surface area contributed by atoms with Crippen LogP contribution in [0.25, 0.3) is 0 Å². The third-order valence-corrected chi connectivity index (χ3v) is 2.69. The Labute approximate surface area is 101 Å². The van der Waals surface area contributed by atoms with E-state index in [1.807, 2.05) is 32.0 Å². The Bertz CT molecular complexity index is 496. The third-order valence-electron chi connectivity index (χ3n) is 2.69. The standard InChI is InChI=1S/C13H16N4/c1-9-10(2)16-13(8-15-9)17-11(3)12-6-4-5-7-14-12/h4-8,11H,1-3H3,(H,16,17). The molecule has 0 amide bonds. The molecule has 2 aromatic rings. The Morgan fingerprint density at radius 1 is 1.12 bits per heavy atom. The molecule has 0 aliphatic rings. The molecule has 1 N–H and O–H groups in total. The molecule has 0 aliphatic carbocycles. The lowest BCUT2D eigenvalue weighted by Crippen LogP contribution is -2.10. The summed E-state index contributed by atoms with van der Waals surface area (Å²) in [5.74, 6) is 0.784. The highest BCUT2D eigenvalue weighted by Gasteiger charge is 2.07. The summed E-state index contributed by atoms with van der Waals surface area (Å²) in [6, 6.07) is 6.00. The number of rotatable bonds is 3. The van der Waals surface area contributed by atoms with E-state index >= 15 is 0 Å². The van der Waals surface area contributed by atoms with Crippen molar-refractivity contribution in [3.8, 4) is 0 Å². The maximum atomic E-state index is 4.44. The minimum atomic E-state index is 0.118. The molecule has 0 aromatic carbocycles. The van der Waals surface area contributed by atoms with E-state index in [4.69, 9.17) is 0 Å². The molecule has 88 valence electrons. The van der Waals surface area contributed by atoms with Crippen LogP contribution < -0.4 is 5.32 Å². The summed E-state index contributed by atoms with van der Waals surface area (Å²) in [4.78, 5) is 13.0. The molecule has 0 saturated heterocycles. The largest absolute Gasteiger partial charge is 0.361 e. The molecule has 4 heteroatoms. The lowest BCUT2D eigenvalue weighted by Gasteiger charge is -2.14. The van der Waals surface area contributed by atoms with Gasteiger partial charge in [-0.25, -0.2) is 4.98 Å². The number of hydrogen-bond acceptors (Lipinski definition) is 4. The van der Waals surface area contributed by atoms with Gasteiger partial charge in [-0.1, -0.05) is 6.07 Å². The molecule has 17 heavy (non-hydrogen) atoms. The van der Waals surface area contributed by atoms with E-state index in [9.17, 15) is 0 Å². The number of aromatic nitrogens is 3. The fraction of sp³-hybridized carbons (Fsp3) is 0.308. The van der Waals surface area contributed by atoms with Crippen LogP contribution in [0.4, 0.5) is 5.82 Å². The molecule has 0 aliphatic heterocycles. The second-order valence-corrected chi connectivity index (χ2v) is 4.05. The van der Waals surface area contributed by atoms with Gasteiger partial charge in [-0.05, 0) is 32.9 Å². The monoisotopic (exact) mass is 228 g/mol. The highest BCUT2D eigenvalue weighted by molar-refractivity contribution is 5.36. The minimum absolute atomic E-state index is 0.118. The molecule has 0 bridgehead atoms. The Morgan fingerprint density at radius 3 is 2.59 bits per heavy atom. The Kier molecular flexibility index (Phi) is 3.32. The number of aryl methyl sites for hydroxylation is 2. The molecule has 0 radical (unpaired) electrons. The second kappa shape index (κ2) is 4.91. The SMILES string of the molecule is Cc1ncc(NC(C)c2ccccn2)nc1C. The van der Waals surface area contributed by atoms with Crippen molar-refractivity contribution in [2.24, 2.45) is 0 Å². The maximum Gasteiger partial charge on any atom is 0.145 e. The molecular formula is C13H16N4. The Morgan fingerprint density at radius 2 is 1.94 bits per heavy atom. The predicted octanol–water partition coefficient (Wildman–Crippen LogP) is 2.66. The van der Waals surface area contributed by atoms with Gasteiger partial charge < -0.3 is 5.32 Å². The quantitative estimate of drug-likeness (QED) is 0.877. The zero-order valence-electron chi connectivity index (χ0n) is 10.3. The average molecular weight is 228 g/mol. The van der Waals surface area contributed by atoms with Gasteiger partial charge in [-0.2, -0.15) is 0 Å². The number of hydrogen-bond donors (Lipinski definition) is 1. The summed E-state index contributed by atoms with van der Waals surface area (Å²) in [5.41, 5.74) is 2.90. The number of nitrogens with zero attached hydrogens (tertiary/aromatic N) is 3. The van der Waals surface area contributed by atoms with E-state index in [0.29, 0.717) is 0 Å². The van der Waals surface area contributed by atoms with Gasteiger partial charge in [0, 0.05) is 6.20 Å². The van der Waals surface area contributed by atoms with E-state index in [1.54, 1.807) is 12.4 Å². The topological polar surface area (TPSA) is 50.7 Å². The molecule has 0 spiro atoms. The molecule has 2 heterocycles. The first-order valence-corrected chi connectivity index (χ1v) is 5.64. The van der Waals surface area contributed by atoms with E-state index in [-0.39, 0.29) is 6.04 Å². The number of anilines is 1. The van der Waals surface area contributed by atoms with E-state index in [0.717, 1.165) is 22.9 Å². The van der Waals surface area contributed by atoms with Gasteiger partial charge in [0.2, 0.25) is 0 Å². The number of nitrogens with one attached hydrogen (secondary N) is 1. The van der Waals surface area contributed by atoms with Crippen LogP contribution in [0.3, 0.4) is 0 Å². The van der Waals surface area contributed by atoms with Crippen molar-refractivity contribution in [2.75, 3.05) is 5.32 Å². The molecule has 2 aromatic heterocycles. The van der Waals surface area contributed by atoms with Gasteiger partial charge >= 0.3 is 0 Å². The first-order valence-electron chi connectivity index (χ1n) is 5.64. The first-order chi connectivity index (χ1) is 8.16.